The number of carbonyl (C=O) groups is 1. The van der Waals surface area contributed by atoms with Crippen molar-refractivity contribution < 1.29 is 4.79 Å². The third-order valence-electron chi connectivity index (χ3n) is 3.57. The van der Waals surface area contributed by atoms with E-state index in [1.165, 1.54) is 12.8 Å². The predicted octanol–water partition coefficient (Wildman–Crippen LogP) is -0.362. The number of carbonyl (C=O) groups excluding carboxylic acids is 1. The lowest BCUT2D eigenvalue weighted by Crippen LogP contribution is -2.48. The van der Waals surface area contributed by atoms with Gasteiger partial charge < -0.3 is 4.90 Å². The fourth-order valence-corrected chi connectivity index (χ4v) is 2.13. The summed E-state index contributed by atoms with van der Waals surface area (Å²) in [7, 11) is 4.14. The first-order valence-corrected chi connectivity index (χ1v) is 5.93. The minimum absolute atomic E-state index is 0.115. The van der Waals surface area contributed by atoms with Crippen molar-refractivity contribution >= 4 is 5.91 Å². The van der Waals surface area contributed by atoms with Crippen molar-refractivity contribution in [2.45, 2.75) is 25.8 Å². The lowest BCUT2D eigenvalue weighted by Gasteiger charge is -2.33. The zero-order valence-corrected chi connectivity index (χ0v) is 10.6. The molecule has 16 heavy (non-hydrogen) atoms. The van der Waals surface area contributed by atoms with Gasteiger partial charge in [-0.25, -0.2) is 5.84 Å². The highest BCUT2D eigenvalue weighted by molar-refractivity contribution is 5.80. The molecule has 1 rings (SSSR count). The van der Waals surface area contributed by atoms with Gasteiger partial charge in [-0.3, -0.25) is 15.1 Å². The Morgan fingerprint density at radius 2 is 2.12 bits per heavy atom. The number of hydrogen-bond donors (Lipinski definition) is 2. The third-order valence-corrected chi connectivity index (χ3v) is 3.57. The van der Waals surface area contributed by atoms with Crippen molar-refractivity contribution in [3.8, 4) is 0 Å². The molecule has 0 spiro atoms. The van der Waals surface area contributed by atoms with Crippen LogP contribution in [0.4, 0.5) is 0 Å². The van der Waals surface area contributed by atoms with E-state index in [1.54, 1.807) is 0 Å². The van der Waals surface area contributed by atoms with E-state index in [0.29, 0.717) is 5.92 Å². The van der Waals surface area contributed by atoms with Crippen LogP contribution in [0.3, 0.4) is 0 Å². The molecule has 0 aromatic rings. The number of likely N-dealkylation sites (N-methyl/N-ethyl adjacent to an activating group) is 1. The molecular formula is C11H24N4O. The van der Waals surface area contributed by atoms with E-state index in [4.69, 9.17) is 5.84 Å². The topological polar surface area (TPSA) is 61.6 Å². The van der Waals surface area contributed by atoms with Gasteiger partial charge >= 0.3 is 0 Å². The summed E-state index contributed by atoms with van der Waals surface area (Å²) in [6.07, 6.45) is 2.44. The summed E-state index contributed by atoms with van der Waals surface area (Å²) in [6, 6.07) is -0.148. The molecule has 0 aromatic carbocycles. The summed E-state index contributed by atoms with van der Waals surface area (Å²) in [5.74, 6) is 5.72. The van der Waals surface area contributed by atoms with Crippen molar-refractivity contribution in [2.24, 2.45) is 11.8 Å². The zero-order valence-electron chi connectivity index (χ0n) is 10.6. The Balaban J connectivity index is 2.33. The summed E-state index contributed by atoms with van der Waals surface area (Å²) in [6.45, 7) is 5.19. The molecule has 94 valence electrons. The number of likely N-dealkylation sites (tertiary alicyclic amines) is 1. The number of amides is 1. The van der Waals surface area contributed by atoms with Crippen LogP contribution in [0.5, 0.6) is 0 Å². The van der Waals surface area contributed by atoms with Gasteiger partial charge in [0, 0.05) is 6.54 Å². The normalized spacial score (nSPS) is 21.1. The highest BCUT2D eigenvalue weighted by Crippen LogP contribution is 2.17. The second-order valence-electron chi connectivity index (χ2n) is 4.87. The van der Waals surface area contributed by atoms with Crippen molar-refractivity contribution in [3.63, 3.8) is 0 Å². The smallest absolute Gasteiger partial charge is 0.250 e. The molecule has 0 saturated carbocycles. The van der Waals surface area contributed by atoms with Crippen LogP contribution in [0.15, 0.2) is 0 Å². The maximum Gasteiger partial charge on any atom is 0.250 e. The Morgan fingerprint density at radius 1 is 1.56 bits per heavy atom. The summed E-state index contributed by atoms with van der Waals surface area (Å²) < 4.78 is 0. The van der Waals surface area contributed by atoms with E-state index in [0.717, 1.165) is 19.6 Å². The SMILES string of the molecule is CC(C(=O)NN)N(C)CC1CCN(C)CC1. The van der Waals surface area contributed by atoms with Gasteiger partial charge in [-0.15, -0.1) is 0 Å². The molecule has 1 atom stereocenters. The standard InChI is InChI=1S/C11H24N4O/c1-9(11(16)13-12)15(3)8-10-4-6-14(2)7-5-10/h9-10H,4-8,12H2,1-3H3,(H,13,16). The summed E-state index contributed by atoms with van der Waals surface area (Å²) in [5.41, 5.74) is 2.20. The largest absolute Gasteiger partial charge is 0.306 e. The maximum atomic E-state index is 11.4. The summed E-state index contributed by atoms with van der Waals surface area (Å²) >= 11 is 0. The molecule has 1 unspecified atom stereocenters. The monoisotopic (exact) mass is 228 g/mol. The van der Waals surface area contributed by atoms with Crippen LogP contribution in [0, 0.1) is 5.92 Å². The molecule has 5 nitrogen and oxygen atoms in total. The van der Waals surface area contributed by atoms with Crippen molar-refractivity contribution in [1.29, 1.82) is 0 Å². The Kier molecular flexibility index (Phi) is 5.18. The van der Waals surface area contributed by atoms with Gasteiger partial charge in [-0.2, -0.15) is 0 Å². The number of rotatable bonds is 4. The highest BCUT2D eigenvalue weighted by Gasteiger charge is 2.22. The fraction of sp³-hybridized carbons (Fsp3) is 0.909. The van der Waals surface area contributed by atoms with Crippen LogP contribution in [-0.4, -0.2) is 55.5 Å². The molecule has 0 bridgehead atoms. The second-order valence-corrected chi connectivity index (χ2v) is 4.87. The first-order chi connectivity index (χ1) is 7.54. The van der Waals surface area contributed by atoms with E-state index in [1.807, 2.05) is 14.0 Å². The number of piperidine rings is 1. The highest BCUT2D eigenvalue weighted by atomic mass is 16.2. The lowest BCUT2D eigenvalue weighted by atomic mass is 9.96. The van der Waals surface area contributed by atoms with Gasteiger partial charge in [0.05, 0.1) is 6.04 Å². The first kappa shape index (κ1) is 13.4. The molecule has 5 heteroatoms. The molecule has 1 fully saturated rings. The Morgan fingerprint density at radius 3 is 2.62 bits per heavy atom. The van der Waals surface area contributed by atoms with E-state index >= 15 is 0 Å². The van der Waals surface area contributed by atoms with Crippen LogP contribution in [0.25, 0.3) is 0 Å². The molecule has 1 heterocycles. The molecule has 0 aromatic heterocycles. The van der Waals surface area contributed by atoms with Crippen molar-refractivity contribution in [1.82, 2.24) is 15.2 Å². The minimum Gasteiger partial charge on any atom is -0.306 e. The molecule has 0 radical (unpaired) electrons. The predicted molar refractivity (Wildman–Crippen MR) is 64.6 cm³/mol. The molecule has 1 aliphatic heterocycles. The molecular weight excluding hydrogens is 204 g/mol. The van der Waals surface area contributed by atoms with Gasteiger partial charge in [-0.05, 0) is 52.9 Å². The van der Waals surface area contributed by atoms with Gasteiger partial charge in [0.2, 0.25) is 0 Å². The second kappa shape index (κ2) is 6.18. The fourth-order valence-electron chi connectivity index (χ4n) is 2.13. The van der Waals surface area contributed by atoms with Crippen LogP contribution in [-0.2, 0) is 4.79 Å². The Bertz CT molecular complexity index is 226. The van der Waals surface area contributed by atoms with E-state index in [2.05, 4.69) is 22.3 Å². The number of nitrogens with zero attached hydrogens (tertiary/aromatic N) is 2. The molecule has 1 saturated heterocycles. The Hall–Kier alpha value is -0.650. The zero-order chi connectivity index (χ0) is 12.1. The van der Waals surface area contributed by atoms with Crippen LogP contribution in [0.2, 0.25) is 0 Å². The first-order valence-electron chi connectivity index (χ1n) is 5.93. The lowest BCUT2D eigenvalue weighted by molar-refractivity contribution is -0.125. The Labute approximate surface area is 97.9 Å². The van der Waals surface area contributed by atoms with E-state index < -0.39 is 0 Å². The van der Waals surface area contributed by atoms with Crippen molar-refractivity contribution in [3.05, 3.63) is 0 Å². The van der Waals surface area contributed by atoms with Gasteiger partial charge in [0.1, 0.15) is 0 Å². The van der Waals surface area contributed by atoms with Crippen molar-refractivity contribution in [2.75, 3.05) is 33.7 Å². The van der Waals surface area contributed by atoms with Crippen LogP contribution >= 0.6 is 0 Å². The molecule has 1 amide bonds. The van der Waals surface area contributed by atoms with Gasteiger partial charge in [0.15, 0.2) is 0 Å². The van der Waals surface area contributed by atoms with Gasteiger partial charge in [0.25, 0.3) is 5.91 Å². The average Bonchev–Trinajstić information content (AvgIpc) is 2.30. The van der Waals surface area contributed by atoms with Crippen LogP contribution < -0.4 is 11.3 Å². The number of hydrogen-bond acceptors (Lipinski definition) is 4. The van der Waals surface area contributed by atoms with Crippen LogP contribution in [0.1, 0.15) is 19.8 Å². The number of nitrogens with one attached hydrogen (secondary N) is 1. The average molecular weight is 228 g/mol. The van der Waals surface area contributed by atoms with Gasteiger partial charge in [-0.1, -0.05) is 0 Å². The van der Waals surface area contributed by atoms with E-state index in [-0.39, 0.29) is 11.9 Å². The summed E-state index contributed by atoms with van der Waals surface area (Å²) in [4.78, 5) is 15.8. The quantitative estimate of drug-likeness (QED) is 0.392. The third kappa shape index (κ3) is 3.73. The summed E-state index contributed by atoms with van der Waals surface area (Å²) in [5, 5.41) is 0. The molecule has 1 aliphatic rings. The maximum absolute atomic E-state index is 11.4. The molecule has 0 aliphatic carbocycles. The molecule has 3 N–H and O–H groups in total. The number of hydrazine groups is 1. The minimum atomic E-state index is -0.148. The van der Waals surface area contributed by atoms with E-state index in [9.17, 15) is 4.79 Å². The number of nitrogens with two attached hydrogens (primary N) is 1.